The van der Waals surface area contributed by atoms with Crippen LogP contribution in [0, 0.1) is 21.4 Å². The van der Waals surface area contributed by atoms with E-state index in [2.05, 4.69) is 106 Å². The highest BCUT2D eigenvalue weighted by atomic mass is 79.9. The fourth-order valence-electron chi connectivity index (χ4n) is 19.7. The molecule has 19 nitrogen and oxygen atoms in total. The van der Waals surface area contributed by atoms with Gasteiger partial charge in [0.1, 0.15) is 41.1 Å². The maximum atomic E-state index is 12.1. The molecule has 648 valence electrons. The van der Waals surface area contributed by atoms with Crippen LogP contribution in [0.25, 0.3) is 194 Å². The highest BCUT2D eigenvalue weighted by Crippen LogP contribution is 2.48. The van der Waals surface area contributed by atoms with Crippen LogP contribution in [0.5, 0.6) is 34.5 Å². The van der Waals surface area contributed by atoms with Gasteiger partial charge in [-0.2, -0.15) is 5.26 Å². The number of imide groups is 1. The van der Waals surface area contributed by atoms with Gasteiger partial charge in [0, 0.05) is 113 Å². The second-order valence-electron chi connectivity index (χ2n) is 33.3. The van der Waals surface area contributed by atoms with Crippen LogP contribution in [0.2, 0.25) is 0 Å². The Morgan fingerprint density at radius 3 is 0.992 bits per heavy atom. The van der Waals surface area contributed by atoms with Gasteiger partial charge in [-0.15, -0.1) is 5.06 Å². The Balaban J connectivity index is 0.0000001000. The molecule has 0 atom stereocenters. The second kappa shape index (κ2) is 34.7. The number of aryl methyl sites for hydroxylation is 2. The van der Waals surface area contributed by atoms with E-state index in [-0.39, 0.29) is 59.5 Å². The number of phenols is 6. The van der Waals surface area contributed by atoms with Crippen molar-refractivity contribution < 1.29 is 73.8 Å². The molecule has 1 aliphatic heterocycles. The Bertz CT molecular complexity index is 8860. The third-order valence-electron chi connectivity index (χ3n) is 26.0. The average molecular weight is 1810 g/mol. The van der Waals surface area contributed by atoms with Crippen LogP contribution < -0.4 is 0 Å². The van der Waals surface area contributed by atoms with Gasteiger partial charge in [-0.1, -0.05) is 253 Å². The summed E-state index contributed by atoms with van der Waals surface area (Å²) in [5.74, 6) is 0.159. The monoisotopic (exact) mass is 1810 g/mol. The highest BCUT2D eigenvalue weighted by Gasteiger charge is 2.33. The lowest BCUT2D eigenvalue weighted by Crippen LogP contribution is -2.31. The number of aldehydes is 1. The predicted octanol–water partition coefficient (Wildman–Crippen LogP) is 27.4. The quantitative estimate of drug-likeness (QED) is 0.00913. The van der Waals surface area contributed by atoms with E-state index in [9.17, 15) is 64.7 Å². The van der Waals surface area contributed by atoms with Gasteiger partial charge in [-0.25, -0.2) is 9.59 Å². The van der Waals surface area contributed by atoms with Crippen molar-refractivity contribution in [1.29, 1.82) is 5.26 Å². The molecule has 2 amide bonds. The summed E-state index contributed by atoms with van der Waals surface area (Å²) in [4.78, 5) is 73.3. The van der Waals surface area contributed by atoms with Gasteiger partial charge in [0.2, 0.25) is 0 Å². The third kappa shape index (κ3) is 15.0. The van der Waals surface area contributed by atoms with Gasteiger partial charge in [-0.3, -0.25) is 24.5 Å². The van der Waals surface area contributed by atoms with Gasteiger partial charge < -0.3 is 45.0 Å². The minimum atomic E-state index is -0.701. The van der Waals surface area contributed by atoms with Crippen molar-refractivity contribution in [3.63, 3.8) is 0 Å². The molecule has 6 N–H and O–H groups in total. The number of nitro benzene ring substituents is 1. The summed E-state index contributed by atoms with van der Waals surface area (Å²) < 4.78 is 9.60. The molecule has 24 aromatic rings. The van der Waals surface area contributed by atoms with E-state index < -0.39 is 23.9 Å². The maximum absolute atomic E-state index is 12.1. The Morgan fingerprint density at radius 2 is 0.647 bits per heavy atom. The topological polar surface area (TPSA) is 305 Å². The number of hydrogen-bond donors (Lipinski definition) is 6. The number of alkyl halides is 1. The molecule has 0 bridgehead atoms. The van der Waals surface area contributed by atoms with Crippen molar-refractivity contribution in [2.24, 2.45) is 0 Å². The van der Waals surface area contributed by atoms with Crippen LogP contribution in [0.1, 0.15) is 71.1 Å². The number of nitriles is 1. The number of rotatable bonds is 13. The molecule has 1 heterocycles. The number of hydrogen-bond acceptors (Lipinski definition) is 17. The number of methoxy groups -OCH3 is 1. The number of carbonyl (C=O) groups excluding carboxylic acids is 5. The summed E-state index contributed by atoms with van der Waals surface area (Å²) in [6.45, 7) is 0.146. The van der Waals surface area contributed by atoms with Crippen LogP contribution in [0.4, 0.5) is 10.5 Å². The van der Waals surface area contributed by atoms with Crippen LogP contribution >= 0.6 is 15.9 Å². The highest BCUT2D eigenvalue weighted by molar-refractivity contribution is 9.08. The average Bonchev–Trinajstić information content (AvgIpc) is 0.951. The number of aromatic hydroxyl groups is 6. The van der Waals surface area contributed by atoms with E-state index in [1.54, 1.807) is 48.5 Å². The van der Waals surface area contributed by atoms with E-state index in [0.717, 1.165) is 186 Å². The summed E-state index contributed by atoms with van der Waals surface area (Å²) >= 11 is 3.55. The normalized spacial score (nSPS) is 12.2. The number of halogens is 1. The zero-order chi connectivity index (χ0) is 91.7. The minimum Gasteiger partial charge on any atom is -0.507 e. The largest absolute Gasteiger partial charge is 0.508 e. The van der Waals surface area contributed by atoms with E-state index in [4.69, 9.17) is 14.8 Å². The van der Waals surface area contributed by atoms with Crippen LogP contribution in [0.3, 0.4) is 0 Å². The molecule has 0 aromatic heterocycles. The predicted molar refractivity (Wildman–Crippen MR) is 531 cm³/mol. The molecule has 25 rings (SSSR count). The number of unbranched alkanes of at least 4 members (excludes halogenated alkanes) is 1. The molecule has 20 heteroatoms. The molecule has 24 aromatic carbocycles. The number of hydroxylamine groups is 2. The fraction of sp³-hybridized carbons (Fsp3) is 0.0973. The second-order valence-corrected chi connectivity index (χ2v) is 33.9. The van der Waals surface area contributed by atoms with Gasteiger partial charge in [0.05, 0.1) is 23.5 Å². The van der Waals surface area contributed by atoms with Gasteiger partial charge in [0.25, 0.3) is 17.5 Å². The fourth-order valence-corrected chi connectivity index (χ4v) is 20.2. The van der Waals surface area contributed by atoms with Crippen molar-refractivity contribution in [1.82, 2.24) is 5.06 Å². The third-order valence-corrected chi connectivity index (χ3v) is 26.6. The Morgan fingerprint density at radius 1 is 0.376 bits per heavy atom. The number of amides is 2. The first-order chi connectivity index (χ1) is 64.8. The van der Waals surface area contributed by atoms with Crippen LogP contribution in [0.15, 0.2) is 291 Å². The number of phenolic OH excluding ortho intramolecular Hbond substituents is 6. The lowest BCUT2D eigenvalue weighted by atomic mass is 9.90. The first-order valence-corrected chi connectivity index (χ1v) is 44.5. The lowest BCUT2D eigenvalue weighted by molar-refractivity contribution is -0.383. The lowest BCUT2D eigenvalue weighted by Gasteiger charge is -2.15. The molecule has 0 radical (unpaired) electrons. The standard InChI is InChI=1S/C24H19NO5.C20H15NO.C19H14O4.C17H11BrO.C17H10O2.C16H9NO3/c26-19-11-8-16-6-9-17-14(4-5-15-7-10-18(19)24(16)23(15)17)2-1-3-22(29)30-25-20(27)12-13-21(25)28;21-12-2-1-3-13-4-5-14-7-10-17-18(22)11-8-15-6-9-16(13)19(14)20(15)17;1-22-19(21)23-10-13-3-2-11-5-8-15-16(20)9-6-12-4-7-14(13)17(11)18(12)15;2*18-9-12-2-1-10-4-7-14-15(19)8-5-11-3-6-13(12)16(10)17(11)14;18-14-8-4-10-1-5-11-13(17(19)20)7-3-9-2-6-12(14)16(10)15(9)11/h4-11,26H,1-3,12-13H2;4-11,22H,1-3H2;2-9,20H,10H2,1H3;1-8,19H,9H2;1-9,19H;1-8,18H. The Labute approximate surface area is 765 Å². The first kappa shape index (κ1) is 84.4. The summed E-state index contributed by atoms with van der Waals surface area (Å²) in [6.07, 6.45) is 4.03. The van der Waals surface area contributed by atoms with E-state index in [1.807, 2.05) is 158 Å². The summed E-state index contributed by atoms with van der Waals surface area (Å²) in [5.41, 5.74) is 5.34. The van der Waals surface area contributed by atoms with Crippen molar-refractivity contribution >= 4 is 246 Å². The van der Waals surface area contributed by atoms with E-state index in [1.165, 1.54) is 62.0 Å². The zero-order valence-corrected chi connectivity index (χ0v) is 72.9. The van der Waals surface area contributed by atoms with E-state index in [0.29, 0.717) is 46.8 Å². The SMILES string of the molecule is COC(=O)OCc1ccc2ccc3c(O)ccc4ccc1c2c43.N#CCCCc1ccc2ccc3c(O)ccc4ccc1c2c43.O=C(CCCc1ccc2ccc3c(O)ccc4ccc1c2c43)ON1C(=O)CCC1=O.O=Cc1ccc2ccc3c(O)ccc4ccc1c2c43.O=[N+]([O-])c1ccc2ccc3c(O)ccc4ccc1c2c43.Oc1ccc2ccc3c(CBr)ccc4ccc1c2c43. The van der Waals surface area contributed by atoms with Gasteiger partial charge in [0.15, 0.2) is 6.29 Å². The Hall–Kier alpha value is -16.8. The van der Waals surface area contributed by atoms with Gasteiger partial charge in [-0.05, 0) is 215 Å². The smallest absolute Gasteiger partial charge is 0.507 e. The summed E-state index contributed by atoms with van der Waals surface area (Å²) in [7, 11) is 1.29. The summed E-state index contributed by atoms with van der Waals surface area (Å²) in [5, 5.41) is 119. The molecular formula is C113H78BrN3O16. The minimum absolute atomic E-state index is 0.0877. The van der Waals surface area contributed by atoms with Crippen LogP contribution in [-0.2, 0) is 53.5 Å². The van der Waals surface area contributed by atoms with Crippen molar-refractivity contribution in [2.75, 3.05) is 7.11 Å². The van der Waals surface area contributed by atoms with Crippen LogP contribution in [-0.4, -0.2) is 78.0 Å². The summed E-state index contributed by atoms with van der Waals surface area (Å²) in [6, 6.07) is 95.9. The van der Waals surface area contributed by atoms with Crippen molar-refractivity contribution in [3.8, 4) is 40.6 Å². The zero-order valence-electron chi connectivity index (χ0n) is 71.3. The van der Waals surface area contributed by atoms with E-state index >= 15 is 0 Å². The number of benzene rings is 24. The number of nitrogens with zero attached hydrogens (tertiary/aromatic N) is 3. The Kier molecular flexibility index (Phi) is 22.0. The van der Waals surface area contributed by atoms with Gasteiger partial charge >= 0.3 is 12.1 Å². The number of nitro groups is 1. The molecule has 133 heavy (non-hydrogen) atoms. The molecule has 0 unspecified atom stereocenters. The molecule has 1 fully saturated rings. The molecule has 0 spiro atoms. The molecule has 1 aliphatic rings. The first-order valence-electron chi connectivity index (χ1n) is 43.4. The number of non-ortho nitro benzene ring substituents is 1. The molecular weight excluding hydrogens is 1740 g/mol. The maximum Gasteiger partial charge on any atom is 0.508 e. The van der Waals surface area contributed by atoms with Crippen molar-refractivity contribution in [3.05, 3.63) is 329 Å². The number of carbonyl (C=O) groups is 5. The molecule has 1 saturated heterocycles. The number of ether oxygens (including phenoxy) is 2. The molecule has 0 saturated carbocycles. The molecule has 0 aliphatic carbocycles. The van der Waals surface area contributed by atoms with Crippen molar-refractivity contribution in [2.45, 2.75) is 63.3 Å².